The Bertz CT molecular complexity index is 203. The van der Waals surface area contributed by atoms with Crippen molar-refractivity contribution in [2.45, 2.75) is 58.5 Å². The van der Waals surface area contributed by atoms with E-state index in [2.05, 4.69) is 31.0 Å². The molecule has 0 spiro atoms. The Kier molecular flexibility index (Phi) is 7.87. The van der Waals surface area contributed by atoms with Gasteiger partial charge in [0, 0.05) is 32.3 Å². The summed E-state index contributed by atoms with van der Waals surface area (Å²) in [6.07, 6.45) is 5.24. The Morgan fingerprint density at radius 3 is 2.44 bits per heavy atom. The van der Waals surface area contributed by atoms with E-state index in [1.165, 1.54) is 32.2 Å². The van der Waals surface area contributed by atoms with Crippen molar-refractivity contribution in [2.75, 3.05) is 33.4 Å². The fraction of sp³-hybridized carbons (Fsp3) is 1.00. The number of hydrogen-bond acceptors (Lipinski definition) is 3. The molecule has 108 valence electrons. The van der Waals surface area contributed by atoms with Crippen LogP contribution >= 0.6 is 0 Å². The Morgan fingerprint density at radius 2 is 1.94 bits per heavy atom. The second-order valence-electron chi connectivity index (χ2n) is 5.75. The third-order valence-corrected chi connectivity index (χ3v) is 3.92. The fourth-order valence-corrected chi connectivity index (χ4v) is 2.56. The first-order chi connectivity index (χ1) is 8.71. The van der Waals surface area contributed by atoms with Gasteiger partial charge in [0.25, 0.3) is 0 Å². The molecule has 3 nitrogen and oxygen atoms in total. The molecule has 0 aliphatic heterocycles. The number of ether oxygens (including phenoxy) is 1. The van der Waals surface area contributed by atoms with Gasteiger partial charge in [0.05, 0.1) is 6.61 Å². The first-order valence-electron chi connectivity index (χ1n) is 7.67. The van der Waals surface area contributed by atoms with Gasteiger partial charge in [-0.1, -0.05) is 20.8 Å². The van der Waals surface area contributed by atoms with Gasteiger partial charge in [-0.05, 0) is 38.1 Å². The predicted molar refractivity (Wildman–Crippen MR) is 78.0 cm³/mol. The van der Waals surface area contributed by atoms with Crippen molar-refractivity contribution < 1.29 is 4.74 Å². The molecule has 1 aliphatic rings. The predicted octanol–water partition coefficient (Wildman–Crippen LogP) is 2.51. The van der Waals surface area contributed by atoms with Gasteiger partial charge in [0.1, 0.15) is 0 Å². The number of nitrogens with one attached hydrogen (secondary N) is 1. The molecule has 0 bridgehead atoms. The summed E-state index contributed by atoms with van der Waals surface area (Å²) in [5.41, 5.74) is 0. The monoisotopic (exact) mass is 256 g/mol. The maximum Gasteiger partial charge on any atom is 0.0589 e. The van der Waals surface area contributed by atoms with Crippen LogP contribution in [-0.4, -0.2) is 50.3 Å². The van der Waals surface area contributed by atoms with Gasteiger partial charge in [-0.3, -0.25) is 4.90 Å². The van der Waals surface area contributed by atoms with Gasteiger partial charge in [-0.15, -0.1) is 0 Å². The molecule has 1 N–H and O–H groups in total. The average Bonchev–Trinajstić information content (AvgIpc) is 3.18. The molecule has 1 aliphatic carbocycles. The van der Waals surface area contributed by atoms with Gasteiger partial charge in [-0.2, -0.15) is 0 Å². The van der Waals surface area contributed by atoms with Crippen LogP contribution in [0.3, 0.4) is 0 Å². The molecule has 1 saturated carbocycles. The molecule has 0 aromatic carbocycles. The Balaban J connectivity index is 2.31. The molecule has 1 fully saturated rings. The molecule has 0 heterocycles. The molecule has 0 saturated heterocycles. The van der Waals surface area contributed by atoms with Gasteiger partial charge in [0.2, 0.25) is 0 Å². The summed E-state index contributed by atoms with van der Waals surface area (Å²) in [5, 5.41) is 3.63. The van der Waals surface area contributed by atoms with Crippen molar-refractivity contribution in [1.29, 1.82) is 0 Å². The van der Waals surface area contributed by atoms with E-state index in [1.54, 1.807) is 7.11 Å². The second kappa shape index (κ2) is 8.89. The van der Waals surface area contributed by atoms with Crippen LogP contribution in [0.5, 0.6) is 0 Å². The van der Waals surface area contributed by atoms with E-state index >= 15 is 0 Å². The molecule has 18 heavy (non-hydrogen) atoms. The second-order valence-corrected chi connectivity index (χ2v) is 5.75. The van der Waals surface area contributed by atoms with Crippen LogP contribution in [0.4, 0.5) is 0 Å². The highest BCUT2D eigenvalue weighted by Gasteiger charge is 2.22. The van der Waals surface area contributed by atoms with Crippen LogP contribution in [0.1, 0.15) is 46.5 Å². The third-order valence-electron chi connectivity index (χ3n) is 3.92. The maximum absolute atomic E-state index is 5.24. The number of hydrogen-bond donors (Lipinski definition) is 1. The highest BCUT2D eigenvalue weighted by Crippen LogP contribution is 2.19. The molecular weight excluding hydrogens is 224 g/mol. The molecule has 3 heteroatoms. The standard InChI is InChI=1S/C15H32N2O/c1-5-15(6-2)17(9-10-18-4)12-13(3)11-16-14-7-8-14/h13-16H,5-12H2,1-4H3. The largest absolute Gasteiger partial charge is 0.383 e. The number of methoxy groups -OCH3 is 1. The minimum Gasteiger partial charge on any atom is -0.383 e. The van der Waals surface area contributed by atoms with E-state index < -0.39 is 0 Å². The van der Waals surface area contributed by atoms with E-state index in [0.717, 1.165) is 31.7 Å². The van der Waals surface area contributed by atoms with Crippen molar-refractivity contribution in [2.24, 2.45) is 5.92 Å². The van der Waals surface area contributed by atoms with Crippen LogP contribution < -0.4 is 5.32 Å². The summed E-state index contributed by atoms with van der Waals surface area (Å²) in [6.45, 7) is 11.2. The minimum absolute atomic E-state index is 0.712. The smallest absolute Gasteiger partial charge is 0.0589 e. The van der Waals surface area contributed by atoms with E-state index in [-0.39, 0.29) is 0 Å². The molecule has 0 radical (unpaired) electrons. The minimum atomic E-state index is 0.712. The Hall–Kier alpha value is -0.120. The number of nitrogens with zero attached hydrogens (tertiary/aromatic N) is 1. The van der Waals surface area contributed by atoms with Crippen molar-refractivity contribution in [3.63, 3.8) is 0 Å². The summed E-state index contributed by atoms with van der Waals surface area (Å²) < 4.78 is 5.24. The summed E-state index contributed by atoms with van der Waals surface area (Å²) in [6, 6.07) is 1.54. The zero-order valence-electron chi connectivity index (χ0n) is 12.7. The third kappa shape index (κ3) is 6.17. The van der Waals surface area contributed by atoms with E-state index in [9.17, 15) is 0 Å². The van der Waals surface area contributed by atoms with Crippen molar-refractivity contribution in [3.05, 3.63) is 0 Å². The summed E-state index contributed by atoms with van der Waals surface area (Å²) in [5.74, 6) is 0.725. The van der Waals surface area contributed by atoms with Gasteiger partial charge in [0.15, 0.2) is 0 Å². The van der Waals surface area contributed by atoms with Crippen molar-refractivity contribution in [3.8, 4) is 0 Å². The van der Waals surface area contributed by atoms with Gasteiger partial charge < -0.3 is 10.1 Å². The highest BCUT2D eigenvalue weighted by molar-refractivity contribution is 4.82. The molecule has 1 atom stereocenters. The first-order valence-corrected chi connectivity index (χ1v) is 7.67. The van der Waals surface area contributed by atoms with Crippen LogP contribution in [0.15, 0.2) is 0 Å². The fourth-order valence-electron chi connectivity index (χ4n) is 2.56. The Morgan fingerprint density at radius 1 is 1.28 bits per heavy atom. The topological polar surface area (TPSA) is 24.5 Å². The van der Waals surface area contributed by atoms with Crippen molar-refractivity contribution in [1.82, 2.24) is 10.2 Å². The lowest BCUT2D eigenvalue weighted by molar-refractivity contribution is 0.103. The normalized spacial score (nSPS) is 17.7. The van der Waals surface area contributed by atoms with Crippen LogP contribution in [-0.2, 0) is 4.74 Å². The summed E-state index contributed by atoms with van der Waals surface area (Å²) in [4.78, 5) is 2.61. The lowest BCUT2D eigenvalue weighted by Gasteiger charge is -2.32. The van der Waals surface area contributed by atoms with E-state index in [1.807, 2.05) is 0 Å². The average molecular weight is 256 g/mol. The quantitative estimate of drug-likeness (QED) is 0.615. The van der Waals surface area contributed by atoms with Crippen LogP contribution in [0.25, 0.3) is 0 Å². The highest BCUT2D eigenvalue weighted by atomic mass is 16.5. The molecular formula is C15H32N2O. The molecule has 1 rings (SSSR count). The first kappa shape index (κ1) is 15.9. The molecule has 0 aromatic rings. The SMILES string of the molecule is CCC(CC)N(CCOC)CC(C)CNC1CC1. The summed E-state index contributed by atoms with van der Waals surface area (Å²) in [7, 11) is 1.79. The molecule has 0 aromatic heterocycles. The Labute approximate surface area is 113 Å². The van der Waals surface area contributed by atoms with Gasteiger partial charge in [-0.25, -0.2) is 0 Å². The van der Waals surface area contributed by atoms with Crippen LogP contribution in [0.2, 0.25) is 0 Å². The zero-order chi connectivity index (χ0) is 13.4. The number of rotatable bonds is 11. The van der Waals surface area contributed by atoms with E-state index in [0.29, 0.717) is 6.04 Å². The van der Waals surface area contributed by atoms with Crippen molar-refractivity contribution >= 4 is 0 Å². The molecule has 0 amide bonds. The lowest BCUT2D eigenvalue weighted by atomic mass is 10.1. The van der Waals surface area contributed by atoms with E-state index in [4.69, 9.17) is 4.74 Å². The van der Waals surface area contributed by atoms with Crippen LogP contribution in [0, 0.1) is 5.92 Å². The lowest BCUT2D eigenvalue weighted by Crippen LogP contribution is -2.42. The molecule has 1 unspecified atom stereocenters. The van der Waals surface area contributed by atoms with Gasteiger partial charge >= 0.3 is 0 Å². The zero-order valence-corrected chi connectivity index (χ0v) is 12.7. The maximum atomic E-state index is 5.24. The summed E-state index contributed by atoms with van der Waals surface area (Å²) >= 11 is 0.